The van der Waals surface area contributed by atoms with Gasteiger partial charge in [0.1, 0.15) is 0 Å². The Morgan fingerprint density at radius 2 is 2.06 bits per heavy atom. The first-order valence-corrected chi connectivity index (χ1v) is 6.36. The smallest absolute Gasteiger partial charge is 0.166 e. The fraction of sp³-hybridized carbons (Fsp3) is 0.333. The van der Waals surface area contributed by atoms with Gasteiger partial charge in [-0.3, -0.25) is 9.48 Å². The maximum Gasteiger partial charge on any atom is 0.166 e. The molecule has 0 bridgehead atoms. The Hall–Kier alpha value is -1.90. The number of rotatable bonds is 2. The molecular weight excluding hydrogens is 224 g/mol. The summed E-state index contributed by atoms with van der Waals surface area (Å²) in [4.78, 5) is 11.9. The molecule has 0 saturated heterocycles. The molecule has 3 rings (SSSR count). The zero-order valence-electron chi connectivity index (χ0n) is 10.5. The summed E-state index contributed by atoms with van der Waals surface area (Å²) in [5.41, 5.74) is 3.14. The Morgan fingerprint density at radius 3 is 2.83 bits per heavy atom. The van der Waals surface area contributed by atoms with Crippen LogP contribution < -0.4 is 0 Å². The van der Waals surface area contributed by atoms with E-state index in [9.17, 15) is 4.79 Å². The zero-order chi connectivity index (χ0) is 12.5. The molecule has 0 fully saturated rings. The maximum absolute atomic E-state index is 11.9. The highest BCUT2D eigenvalue weighted by atomic mass is 16.1. The van der Waals surface area contributed by atoms with Crippen molar-refractivity contribution in [2.45, 2.75) is 26.3 Å². The lowest BCUT2D eigenvalue weighted by Gasteiger charge is -2.18. The second-order valence-electron chi connectivity index (χ2n) is 5.08. The summed E-state index contributed by atoms with van der Waals surface area (Å²) >= 11 is 0. The van der Waals surface area contributed by atoms with E-state index < -0.39 is 0 Å². The molecular formula is C15H16N2O. The lowest BCUT2D eigenvalue weighted by Crippen LogP contribution is -2.20. The molecule has 0 saturated carbocycles. The minimum Gasteiger partial charge on any atom is -0.294 e. The van der Waals surface area contributed by atoms with Crippen LogP contribution in [0.1, 0.15) is 35.0 Å². The van der Waals surface area contributed by atoms with Gasteiger partial charge in [-0.05, 0) is 17.9 Å². The van der Waals surface area contributed by atoms with E-state index in [1.54, 1.807) is 6.20 Å². The molecule has 92 valence electrons. The van der Waals surface area contributed by atoms with Crippen LogP contribution in [0.2, 0.25) is 0 Å². The predicted octanol–water partition coefficient (Wildman–Crippen LogP) is 2.70. The van der Waals surface area contributed by atoms with Crippen LogP contribution in [0.5, 0.6) is 0 Å². The van der Waals surface area contributed by atoms with E-state index in [1.807, 2.05) is 22.9 Å². The summed E-state index contributed by atoms with van der Waals surface area (Å²) in [5, 5.41) is 4.37. The first-order chi connectivity index (χ1) is 8.74. The van der Waals surface area contributed by atoms with E-state index in [0.29, 0.717) is 12.3 Å². The Kier molecular flexibility index (Phi) is 2.74. The van der Waals surface area contributed by atoms with Crippen molar-refractivity contribution in [2.24, 2.45) is 5.92 Å². The molecule has 0 aliphatic heterocycles. The van der Waals surface area contributed by atoms with Crippen LogP contribution in [-0.4, -0.2) is 15.6 Å². The molecule has 2 aromatic rings. The summed E-state index contributed by atoms with van der Waals surface area (Å²) < 4.78 is 1.97. The molecule has 1 aliphatic carbocycles. The normalized spacial score (nSPS) is 18.7. The van der Waals surface area contributed by atoms with Gasteiger partial charge in [-0.2, -0.15) is 5.10 Å². The molecule has 0 unspecified atom stereocenters. The fourth-order valence-corrected chi connectivity index (χ4v) is 2.58. The number of carbonyl (C=O) groups excluding carboxylic acids is 1. The highest BCUT2D eigenvalue weighted by Gasteiger charge is 2.26. The van der Waals surface area contributed by atoms with Crippen LogP contribution in [0.4, 0.5) is 0 Å². The van der Waals surface area contributed by atoms with Gasteiger partial charge in [0.05, 0.1) is 18.3 Å². The highest BCUT2D eigenvalue weighted by molar-refractivity contribution is 5.98. The van der Waals surface area contributed by atoms with Gasteiger partial charge in [0.25, 0.3) is 0 Å². The molecule has 0 amide bonds. The molecule has 0 N–H and O–H groups in total. The topological polar surface area (TPSA) is 34.9 Å². The third kappa shape index (κ3) is 1.96. The van der Waals surface area contributed by atoms with E-state index >= 15 is 0 Å². The van der Waals surface area contributed by atoms with Crippen molar-refractivity contribution in [1.29, 1.82) is 0 Å². The van der Waals surface area contributed by atoms with Crippen LogP contribution in [-0.2, 0) is 13.0 Å². The predicted molar refractivity (Wildman–Crippen MR) is 69.6 cm³/mol. The van der Waals surface area contributed by atoms with Gasteiger partial charge in [-0.1, -0.05) is 37.3 Å². The average Bonchev–Trinajstić information content (AvgIpc) is 2.74. The fourth-order valence-electron chi connectivity index (χ4n) is 2.58. The number of hydrogen-bond donors (Lipinski definition) is 0. The van der Waals surface area contributed by atoms with Crippen LogP contribution in [0.25, 0.3) is 0 Å². The molecule has 1 heterocycles. The molecule has 1 aliphatic rings. The molecule has 0 spiro atoms. The van der Waals surface area contributed by atoms with Gasteiger partial charge in [0.2, 0.25) is 0 Å². The van der Waals surface area contributed by atoms with Crippen molar-refractivity contribution < 1.29 is 4.79 Å². The van der Waals surface area contributed by atoms with Crippen molar-refractivity contribution in [1.82, 2.24) is 9.78 Å². The Balaban J connectivity index is 1.93. The van der Waals surface area contributed by atoms with Gasteiger partial charge in [-0.25, -0.2) is 0 Å². The van der Waals surface area contributed by atoms with Gasteiger partial charge in [0, 0.05) is 12.1 Å². The molecule has 1 aromatic carbocycles. The summed E-state index contributed by atoms with van der Waals surface area (Å²) in [6, 6.07) is 10.2. The highest BCUT2D eigenvalue weighted by Crippen LogP contribution is 2.25. The van der Waals surface area contributed by atoms with Crippen molar-refractivity contribution in [3.8, 4) is 0 Å². The first kappa shape index (κ1) is 11.2. The summed E-state index contributed by atoms with van der Waals surface area (Å²) in [7, 11) is 0. The Morgan fingerprint density at radius 1 is 1.28 bits per heavy atom. The largest absolute Gasteiger partial charge is 0.294 e. The van der Waals surface area contributed by atoms with Crippen molar-refractivity contribution in [3.05, 3.63) is 53.3 Å². The summed E-state index contributed by atoms with van der Waals surface area (Å²) in [6.45, 7) is 2.87. The summed E-state index contributed by atoms with van der Waals surface area (Å²) in [6.07, 6.45) is 3.34. The number of benzene rings is 1. The number of fused-ring (bicyclic) bond motifs is 1. The molecule has 3 heteroatoms. The van der Waals surface area contributed by atoms with Gasteiger partial charge in [-0.15, -0.1) is 0 Å². The third-order valence-electron chi connectivity index (χ3n) is 3.50. The van der Waals surface area contributed by atoms with Crippen molar-refractivity contribution in [3.63, 3.8) is 0 Å². The van der Waals surface area contributed by atoms with Crippen LogP contribution >= 0.6 is 0 Å². The minimum atomic E-state index is 0.239. The lowest BCUT2D eigenvalue weighted by molar-refractivity contribution is 0.0952. The molecule has 0 radical (unpaired) electrons. The van der Waals surface area contributed by atoms with Gasteiger partial charge in [0.15, 0.2) is 5.78 Å². The number of nitrogens with zero attached hydrogens (tertiary/aromatic N) is 2. The second-order valence-corrected chi connectivity index (χ2v) is 5.08. The monoisotopic (exact) mass is 240 g/mol. The number of carbonyl (C=O) groups is 1. The number of ketones is 1. The Bertz CT molecular complexity index is 571. The van der Waals surface area contributed by atoms with E-state index in [1.165, 1.54) is 5.56 Å². The minimum absolute atomic E-state index is 0.239. The maximum atomic E-state index is 11.9. The van der Waals surface area contributed by atoms with E-state index in [0.717, 1.165) is 24.2 Å². The van der Waals surface area contributed by atoms with E-state index in [2.05, 4.69) is 24.2 Å². The standard InChI is InChI=1S/C15H16N2O/c1-11-7-14-13(15(18)8-11)9-16-17(14)10-12-5-3-2-4-6-12/h2-6,9,11H,7-8,10H2,1H3/t11-/m0/s1. The molecule has 18 heavy (non-hydrogen) atoms. The van der Waals surface area contributed by atoms with Crippen molar-refractivity contribution in [2.75, 3.05) is 0 Å². The number of hydrogen-bond acceptors (Lipinski definition) is 2. The number of Topliss-reactive ketones (excluding diaryl/α,β-unsaturated/α-hetero) is 1. The molecule has 1 atom stereocenters. The quantitative estimate of drug-likeness (QED) is 0.809. The third-order valence-corrected chi connectivity index (χ3v) is 3.50. The first-order valence-electron chi connectivity index (χ1n) is 6.36. The van der Waals surface area contributed by atoms with Crippen LogP contribution in [0, 0.1) is 5.92 Å². The summed E-state index contributed by atoms with van der Waals surface area (Å²) in [5.74, 6) is 0.666. The molecule has 1 aromatic heterocycles. The van der Waals surface area contributed by atoms with Crippen molar-refractivity contribution >= 4 is 5.78 Å². The lowest BCUT2D eigenvalue weighted by atomic mass is 9.88. The zero-order valence-corrected chi connectivity index (χ0v) is 10.5. The second kappa shape index (κ2) is 4.41. The van der Waals surface area contributed by atoms with Crippen LogP contribution in [0.15, 0.2) is 36.5 Å². The Labute approximate surface area is 106 Å². The number of aromatic nitrogens is 2. The van der Waals surface area contributed by atoms with E-state index in [-0.39, 0.29) is 5.78 Å². The average molecular weight is 240 g/mol. The SMILES string of the molecule is C[C@@H]1CC(=O)c2cnn(Cc3ccccc3)c2C1. The van der Waals surface area contributed by atoms with Gasteiger partial charge >= 0.3 is 0 Å². The van der Waals surface area contributed by atoms with Crippen LogP contribution in [0.3, 0.4) is 0 Å². The van der Waals surface area contributed by atoms with E-state index in [4.69, 9.17) is 0 Å². The molecule has 3 nitrogen and oxygen atoms in total. The van der Waals surface area contributed by atoms with Gasteiger partial charge < -0.3 is 0 Å².